The molecule has 1 aliphatic heterocycles. The third-order valence-electron chi connectivity index (χ3n) is 4.13. The van der Waals surface area contributed by atoms with Gasteiger partial charge in [-0.15, -0.1) is 0 Å². The van der Waals surface area contributed by atoms with Gasteiger partial charge in [0.15, 0.2) is 6.61 Å². The molecule has 0 atom stereocenters. The lowest BCUT2D eigenvalue weighted by Gasteiger charge is -2.18. The smallest absolute Gasteiger partial charge is 0.422 e. The van der Waals surface area contributed by atoms with Crippen LogP contribution in [0, 0.1) is 0 Å². The monoisotopic (exact) mass is 430 g/mol. The van der Waals surface area contributed by atoms with E-state index in [-0.39, 0.29) is 28.5 Å². The molecule has 0 aliphatic carbocycles. The molecule has 2 N–H and O–H groups in total. The lowest BCUT2D eigenvalue weighted by atomic mass is 10.2. The minimum absolute atomic E-state index is 0.00648. The van der Waals surface area contributed by atoms with Gasteiger partial charge in [0, 0.05) is 12.1 Å². The lowest BCUT2D eigenvalue weighted by Crippen LogP contribution is -2.25. The molecule has 1 heterocycles. The Morgan fingerprint density at radius 2 is 1.86 bits per heavy atom. The first-order valence-corrected chi connectivity index (χ1v) is 10.1. The van der Waals surface area contributed by atoms with Crippen LogP contribution in [0.25, 0.3) is 0 Å². The SMILES string of the molecule is O=C(Nc1cc(N2CCCS2(=O)=O)ccc1O)c1ccc(OCC(F)(F)F)cc1. The Labute approximate surface area is 164 Å². The molecule has 0 unspecified atom stereocenters. The first kappa shape index (κ1) is 20.8. The van der Waals surface area contributed by atoms with E-state index in [1.54, 1.807) is 0 Å². The zero-order valence-electron chi connectivity index (χ0n) is 14.9. The largest absolute Gasteiger partial charge is 0.506 e. The Balaban J connectivity index is 1.73. The van der Waals surface area contributed by atoms with Crippen LogP contribution in [0.5, 0.6) is 11.5 Å². The molecule has 11 heteroatoms. The molecule has 0 spiro atoms. The van der Waals surface area contributed by atoms with Crippen LogP contribution < -0.4 is 14.4 Å². The number of hydrogen-bond acceptors (Lipinski definition) is 5. The number of benzene rings is 2. The molecule has 7 nitrogen and oxygen atoms in total. The molecule has 1 aliphatic rings. The van der Waals surface area contributed by atoms with E-state index in [2.05, 4.69) is 10.1 Å². The van der Waals surface area contributed by atoms with Crippen molar-refractivity contribution in [1.82, 2.24) is 0 Å². The molecule has 29 heavy (non-hydrogen) atoms. The number of nitrogens with zero attached hydrogens (tertiary/aromatic N) is 1. The number of phenols is 1. The molecule has 2 aromatic carbocycles. The van der Waals surface area contributed by atoms with Gasteiger partial charge in [-0.25, -0.2) is 8.42 Å². The fraction of sp³-hybridized carbons (Fsp3) is 0.278. The van der Waals surface area contributed by atoms with Gasteiger partial charge in [-0.1, -0.05) is 0 Å². The third kappa shape index (κ3) is 5.11. The molecule has 0 aromatic heterocycles. The van der Waals surface area contributed by atoms with Gasteiger partial charge in [-0.05, 0) is 48.9 Å². The third-order valence-corrected chi connectivity index (χ3v) is 6.00. The maximum Gasteiger partial charge on any atom is 0.422 e. The van der Waals surface area contributed by atoms with Crippen molar-refractivity contribution in [1.29, 1.82) is 0 Å². The molecular formula is C18H17F3N2O5S. The van der Waals surface area contributed by atoms with Gasteiger partial charge in [-0.2, -0.15) is 13.2 Å². The highest BCUT2D eigenvalue weighted by Crippen LogP contribution is 2.32. The molecule has 2 aromatic rings. The van der Waals surface area contributed by atoms with Crippen molar-refractivity contribution in [3.05, 3.63) is 48.0 Å². The number of rotatable bonds is 5. The van der Waals surface area contributed by atoms with Crippen molar-refractivity contribution in [3.8, 4) is 11.5 Å². The zero-order valence-corrected chi connectivity index (χ0v) is 15.8. The molecule has 156 valence electrons. The zero-order chi connectivity index (χ0) is 21.2. The van der Waals surface area contributed by atoms with Crippen molar-refractivity contribution in [2.24, 2.45) is 0 Å². The first-order valence-electron chi connectivity index (χ1n) is 8.49. The van der Waals surface area contributed by atoms with Crippen LogP contribution >= 0.6 is 0 Å². The Hall–Kier alpha value is -2.95. The van der Waals surface area contributed by atoms with E-state index in [4.69, 9.17) is 0 Å². The summed E-state index contributed by atoms with van der Waals surface area (Å²) in [6.45, 7) is -1.14. The Bertz CT molecular complexity index is 1010. The Kier molecular flexibility index (Phi) is 5.60. The van der Waals surface area contributed by atoms with Gasteiger partial charge in [0.1, 0.15) is 11.5 Å². The summed E-state index contributed by atoms with van der Waals surface area (Å²) in [6, 6.07) is 9.02. The second-order valence-electron chi connectivity index (χ2n) is 6.33. The number of halogens is 3. The van der Waals surface area contributed by atoms with E-state index >= 15 is 0 Å². The second kappa shape index (κ2) is 7.82. The highest BCUT2D eigenvalue weighted by atomic mass is 32.2. The van der Waals surface area contributed by atoms with Gasteiger partial charge >= 0.3 is 6.18 Å². The number of hydrogen-bond donors (Lipinski definition) is 2. The maximum absolute atomic E-state index is 12.4. The number of alkyl halides is 3. The molecular weight excluding hydrogens is 413 g/mol. The fourth-order valence-electron chi connectivity index (χ4n) is 2.77. The second-order valence-corrected chi connectivity index (χ2v) is 8.34. The van der Waals surface area contributed by atoms with E-state index in [1.807, 2.05) is 0 Å². The summed E-state index contributed by atoms with van der Waals surface area (Å²) in [5, 5.41) is 12.4. The average Bonchev–Trinajstić information content (AvgIpc) is 3.01. The van der Waals surface area contributed by atoms with Gasteiger partial charge in [-0.3, -0.25) is 9.10 Å². The van der Waals surface area contributed by atoms with Crippen molar-refractivity contribution in [2.45, 2.75) is 12.6 Å². The van der Waals surface area contributed by atoms with Gasteiger partial charge in [0.25, 0.3) is 5.91 Å². The van der Waals surface area contributed by atoms with Crippen LogP contribution in [-0.4, -0.2) is 44.5 Å². The fourth-order valence-corrected chi connectivity index (χ4v) is 4.33. The molecule has 1 amide bonds. The Morgan fingerprint density at radius 1 is 1.17 bits per heavy atom. The quantitative estimate of drug-likeness (QED) is 0.711. The minimum Gasteiger partial charge on any atom is -0.506 e. The number of aromatic hydroxyl groups is 1. The van der Waals surface area contributed by atoms with Crippen LogP contribution in [0.1, 0.15) is 16.8 Å². The van der Waals surface area contributed by atoms with Crippen molar-refractivity contribution < 1.29 is 36.2 Å². The van der Waals surface area contributed by atoms with E-state index in [0.717, 1.165) is 0 Å². The van der Waals surface area contributed by atoms with E-state index < -0.39 is 28.7 Å². The summed E-state index contributed by atoms with van der Waals surface area (Å²) in [5.74, 6) is -0.922. The Morgan fingerprint density at radius 3 is 2.45 bits per heavy atom. The number of carbonyl (C=O) groups excluding carboxylic acids is 1. The topological polar surface area (TPSA) is 95.9 Å². The van der Waals surface area contributed by atoms with E-state index in [1.165, 1.54) is 46.8 Å². The number of anilines is 2. The number of amides is 1. The minimum atomic E-state index is -4.47. The van der Waals surface area contributed by atoms with Crippen molar-refractivity contribution >= 4 is 27.3 Å². The average molecular weight is 430 g/mol. The summed E-state index contributed by atoms with van der Waals surface area (Å²) < 4.78 is 66.4. The van der Waals surface area contributed by atoms with Crippen LogP contribution in [-0.2, 0) is 10.0 Å². The molecule has 1 saturated heterocycles. The van der Waals surface area contributed by atoms with Crippen LogP contribution in [0.4, 0.5) is 24.5 Å². The molecule has 1 fully saturated rings. The van der Waals surface area contributed by atoms with Crippen LogP contribution in [0.2, 0.25) is 0 Å². The number of ether oxygens (including phenoxy) is 1. The summed E-state index contributed by atoms with van der Waals surface area (Å²) in [4.78, 5) is 12.4. The predicted molar refractivity (Wildman–Crippen MR) is 99.8 cm³/mol. The van der Waals surface area contributed by atoms with Crippen molar-refractivity contribution in [3.63, 3.8) is 0 Å². The lowest BCUT2D eigenvalue weighted by molar-refractivity contribution is -0.153. The van der Waals surface area contributed by atoms with Gasteiger partial charge < -0.3 is 15.2 Å². The molecule has 3 rings (SSSR count). The number of nitrogens with one attached hydrogen (secondary N) is 1. The highest BCUT2D eigenvalue weighted by Gasteiger charge is 2.29. The molecule has 0 radical (unpaired) electrons. The number of carbonyl (C=O) groups is 1. The summed E-state index contributed by atoms with van der Waals surface area (Å²) in [6.07, 6.45) is -3.99. The van der Waals surface area contributed by atoms with Crippen molar-refractivity contribution in [2.75, 3.05) is 28.5 Å². The molecule has 0 bridgehead atoms. The predicted octanol–water partition coefficient (Wildman–Crippen LogP) is 3.13. The van der Waals surface area contributed by atoms with E-state index in [0.29, 0.717) is 18.7 Å². The van der Waals surface area contributed by atoms with Crippen LogP contribution in [0.3, 0.4) is 0 Å². The van der Waals surface area contributed by atoms with Gasteiger partial charge in [0.2, 0.25) is 10.0 Å². The van der Waals surface area contributed by atoms with Gasteiger partial charge in [0.05, 0.1) is 17.1 Å². The maximum atomic E-state index is 12.4. The normalized spacial score (nSPS) is 15.9. The molecule has 0 saturated carbocycles. The van der Waals surface area contributed by atoms with Crippen LogP contribution in [0.15, 0.2) is 42.5 Å². The first-order chi connectivity index (χ1) is 13.5. The summed E-state index contributed by atoms with van der Waals surface area (Å²) in [7, 11) is -3.43. The number of sulfonamides is 1. The van der Waals surface area contributed by atoms with E-state index in [9.17, 15) is 31.5 Å². The highest BCUT2D eigenvalue weighted by molar-refractivity contribution is 7.93. The number of phenolic OH excluding ortho intramolecular Hbond substituents is 1. The summed E-state index contributed by atoms with van der Waals surface area (Å²) >= 11 is 0. The standard InChI is InChI=1S/C18H17F3N2O5S/c19-18(20,21)11-28-14-5-2-12(3-6-14)17(25)22-15-10-13(4-7-16(15)24)23-8-1-9-29(23,26)27/h2-7,10,24H,1,8-9,11H2,(H,22,25). The summed E-state index contributed by atoms with van der Waals surface area (Å²) in [5.41, 5.74) is 0.432.